The van der Waals surface area contributed by atoms with Crippen LogP contribution in [0.2, 0.25) is 0 Å². The van der Waals surface area contributed by atoms with Crippen LogP contribution in [0.1, 0.15) is 32.5 Å². The highest BCUT2D eigenvalue weighted by Gasteiger charge is 2.45. The number of ketones is 1. The van der Waals surface area contributed by atoms with E-state index in [0.717, 1.165) is 10.2 Å². The first-order valence-corrected chi connectivity index (χ1v) is 12.4. The molecule has 9 heteroatoms. The van der Waals surface area contributed by atoms with Crippen LogP contribution in [0.3, 0.4) is 0 Å². The monoisotopic (exact) mass is 574 g/mol. The summed E-state index contributed by atoms with van der Waals surface area (Å²) in [5.74, 6) is -2.51. The van der Waals surface area contributed by atoms with Crippen LogP contribution in [-0.2, 0) is 9.53 Å². The minimum Gasteiger partial charge on any atom is -0.503 e. The summed E-state index contributed by atoms with van der Waals surface area (Å²) in [4.78, 5) is 42.4. The number of aliphatic hydroxyl groups excluding tert-OH is 1. The van der Waals surface area contributed by atoms with E-state index < -0.39 is 29.5 Å². The average molecular weight is 575 g/mol. The van der Waals surface area contributed by atoms with E-state index >= 15 is 0 Å². The maximum atomic E-state index is 13.8. The molecule has 3 aromatic carbocycles. The van der Waals surface area contributed by atoms with Gasteiger partial charge in [-0.25, -0.2) is 4.79 Å². The summed E-state index contributed by atoms with van der Waals surface area (Å²) in [7, 11) is 5.10. The lowest BCUT2D eigenvalue weighted by molar-refractivity contribution is -0.117. The van der Waals surface area contributed by atoms with Gasteiger partial charge in [0.25, 0.3) is 5.91 Å². The molecule has 38 heavy (non-hydrogen) atoms. The first kappa shape index (κ1) is 25.3. The Labute approximate surface area is 226 Å². The van der Waals surface area contributed by atoms with Gasteiger partial charge in [0.1, 0.15) is 5.58 Å². The number of carbonyl (C=O) groups is 3. The number of aliphatic hydroxyl groups is 1. The van der Waals surface area contributed by atoms with Crippen LogP contribution in [-0.4, -0.2) is 44.0 Å². The van der Waals surface area contributed by atoms with E-state index in [4.69, 9.17) is 9.15 Å². The Kier molecular flexibility index (Phi) is 6.54. The predicted octanol–water partition coefficient (Wildman–Crippen LogP) is 5.83. The summed E-state index contributed by atoms with van der Waals surface area (Å²) < 4.78 is 11.4. The van der Waals surface area contributed by atoms with Crippen LogP contribution >= 0.6 is 15.9 Å². The van der Waals surface area contributed by atoms with E-state index in [-0.39, 0.29) is 11.3 Å². The van der Waals surface area contributed by atoms with E-state index in [9.17, 15) is 19.5 Å². The van der Waals surface area contributed by atoms with Crippen LogP contribution in [0, 0.1) is 0 Å². The Balaban J connectivity index is 1.62. The Bertz CT molecular complexity index is 1600. The number of methoxy groups -OCH3 is 1. The van der Waals surface area contributed by atoms with E-state index in [1.165, 1.54) is 24.1 Å². The normalized spacial score (nSPS) is 15.3. The van der Waals surface area contributed by atoms with E-state index in [1.54, 1.807) is 30.3 Å². The molecule has 1 aliphatic heterocycles. The van der Waals surface area contributed by atoms with Crippen molar-refractivity contribution in [1.29, 1.82) is 0 Å². The van der Waals surface area contributed by atoms with Crippen molar-refractivity contribution < 1.29 is 28.6 Å². The second-order valence-electron chi connectivity index (χ2n) is 8.99. The molecule has 0 radical (unpaired) electrons. The number of nitrogens with zero attached hydrogens (tertiary/aromatic N) is 2. The van der Waals surface area contributed by atoms with Crippen LogP contribution < -0.4 is 9.80 Å². The Hall–Kier alpha value is -4.37. The minimum atomic E-state index is -0.935. The molecule has 1 N–H and O–H groups in total. The fourth-order valence-electron chi connectivity index (χ4n) is 4.51. The number of esters is 1. The van der Waals surface area contributed by atoms with Gasteiger partial charge in [0.05, 0.1) is 24.3 Å². The van der Waals surface area contributed by atoms with Gasteiger partial charge in [0.2, 0.25) is 5.78 Å². The molecule has 1 aliphatic rings. The van der Waals surface area contributed by atoms with Crippen molar-refractivity contribution in [3.8, 4) is 0 Å². The molecule has 2 heterocycles. The zero-order valence-electron chi connectivity index (χ0n) is 20.8. The molecule has 4 aromatic rings. The van der Waals surface area contributed by atoms with Crippen LogP contribution in [0.5, 0.6) is 0 Å². The van der Waals surface area contributed by atoms with Crippen molar-refractivity contribution in [2.45, 2.75) is 6.04 Å². The van der Waals surface area contributed by atoms with Crippen molar-refractivity contribution in [3.63, 3.8) is 0 Å². The van der Waals surface area contributed by atoms with Crippen molar-refractivity contribution in [1.82, 2.24) is 0 Å². The molecule has 0 fully saturated rings. The predicted molar refractivity (Wildman–Crippen MR) is 147 cm³/mol. The molecule has 0 spiro atoms. The summed E-state index contributed by atoms with van der Waals surface area (Å²) in [6, 6.07) is 19.6. The Morgan fingerprint density at radius 3 is 2.32 bits per heavy atom. The number of halogens is 1. The van der Waals surface area contributed by atoms with Gasteiger partial charge in [-0.15, -0.1) is 0 Å². The summed E-state index contributed by atoms with van der Waals surface area (Å²) in [6.07, 6.45) is 0. The van der Waals surface area contributed by atoms with Gasteiger partial charge in [0.15, 0.2) is 11.5 Å². The van der Waals surface area contributed by atoms with Gasteiger partial charge in [-0.05, 0) is 66.2 Å². The van der Waals surface area contributed by atoms with Crippen LogP contribution in [0.25, 0.3) is 11.0 Å². The molecule has 0 bridgehead atoms. The van der Waals surface area contributed by atoms with Gasteiger partial charge in [-0.3, -0.25) is 14.5 Å². The number of amides is 1. The number of hydrogen-bond acceptors (Lipinski definition) is 7. The number of furan rings is 1. The van der Waals surface area contributed by atoms with E-state index in [1.807, 2.05) is 49.3 Å². The van der Waals surface area contributed by atoms with Gasteiger partial charge >= 0.3 is 5.97 Å². The van der Waals surface area contributed by atoms with Crippen LogP contribution in [0.4, 0.5) is 11.4 Å². The molecule has 1 amide bonds. The van der Waals surface area contributed by atoms with Crippen molar-refractivity contribution in [2.75, 3.05) is 31.0 Å². The standard InChI is InChI=1S/C29H23BrN2O6/c1-31(2)20-9-4-16(5-10-20)25-24(26(33)23-15-18-14-19(30)8-13-22(18)38-23)27(34)28(35)32(25)21-11-6-17(7-12-21)29(36)37-3/h4-15,25,34H,1-3H3. The highest BCUT2D eigenvalue weighted by atomic mass is 79.9. The Morgan fingerprint density at radius 1 is 1.00 bits per heavy atom. The smallest absolute Gasteiger partial charge is 0.337 e. The summed E-state index contributed by atoms with van der Waals surface area (Å²) in [6.45, 7) is 0. The molecule has 1 unspecified atom stereocenters. The summed E-state index contributed by atoms with van der Waals surface area (Å²) in [5.41, 5.74) is 2.65. The number of benzene rings is 3. The number of Topliss-reactive ketones (excluding diaryl/α,β-unsaturated/α-hetero) is 1. The Morgan fingerprint density at radius 2 is 1.68 bits per heavy atom. The second kappa shape index (κ2) is 9.83. The summed E-state index contributed by atoms with van der Waals surface area (Å²) in [5, 5.41) is 11.7. The van der Waals surface area contributed by atoms with Crippen molar-refractivity contribution in [3.05, 3.63) is 105 Å². The average Bonchev–Trinajstić information content (AvgIpc) is 3.46. The van der Waals surface area contributed by atoms with Crippen molar-refractivity contribution in [2.24, 2.45) is 0 Å². The molecule has 1 aromatic heterocycles. The SMILES string of the molecule is COC(=O)c1ccc(N2C(=O)C(O)=C(C(=O)c3cc4cc(Br)ccc4o3)C2c2ccc(N(C)C)cc2)cc1. The number of rotatable bonds is 6. The first-order valence-electron chi connectivity index (χ1n) is 11.7. The topological polar surface area (TPSA) is 100 Å². The number of ether oxygens (including phenoxy) is 1. The third-order valence-corrected chi connectivity index (χ3v) is 6.94. The van der Waals surface area contributed by atoms with E-state index in [0.29, 0.717) is 27.8 Å². The largest absolute Gasteiger partial charge is 0.503 e. The molecule has 1 atom stereocenters. The quantitative estimate of drug-likeness (QED) is 0.228. The van der Waals surface area contributed by atoms with Gasteiger partial charge in [0, 0.05) is 35.3 Å². The lowest BCUT2D eigenvalue weighted by Gasteiger charge is -2.27. The second-order valence-corrected chi connectivity index (χ2v) is 9.90. The van der Waals surface area contributed by atoms with Crippen LogP contribution in [0.15, 0.2) is 93.0 Å². The highest BCUT2D eigenvalue weighted by molar-refractivity contribution is 9.10. The molecule has 0 saturated carbocycles. The minimum absolute atomic E-state index is 0.00486. The first-order chi connectivity index (χ1) is 18.2. The van der Waals surface area contributed by atoms with Gasteiger partial charge in [-0.1, -0.05) is 28.1 Å². The van der Waals surface area contributed by atoms with Crippen molar-refractivity contribution >= 4 is 55.9 Å². The maximum absolute atomic E-state index is 13.8. The number of anilines is 2. The van der Waals surface area contributed by atoms with Gasteiger partial charge < -0.3 is 19.2 Å². The van der Waals surface area contributed by atoms with E-state index in [2.05, 4.69) is 15.9 Å². The summed E-state index contributed by atoms with van der Waals surface area (Å²) >= 11 is 3.41. The molecule has 0 saturated heterocycles. The third-order valence-electron chi connectivity index (χ3n) is 6.45. The number of hydrogen-bond donors (Lipinski definition) is 1. The zero-order valence-corrected chi connectivity index (χ0v) is 22.4. The number of fused-ring (bicyclic) bond motifs is 1. The maximum Gasteiger partial charge on any atom is 0.337 e. The molecular formula is C29H23BrN2O6. The number of carbonyl (C=O) groups excluding carboxylic acids is 3. The van der Waals surface area contributed by atoms with Gasteiger partial charge in [-0.2, -0.15) is 0 Å². The lowest BCUT2D eigenvalue weighted by Crippen LogP contribution is -2.31. The molecule has 5 rings (SSSR count). The molecule has 8 nitrogen and oxygen atoms in total. The zero-order chi connectivity index (χ0) is 27.1. The fourth-order valence-corrected chi connectivity index (χ4v) is 4.89. The third kappa shape index (κ3) is 4.35. The molecule has 0 aliphatic carbocycles. The molecule has 192 valence electrons. The lowest BCUT2D eigenvalue weighted by atomic mass is 9.94. The molecular weight excluding hydrogens is 552 g/mol. The fraction of sp³-hybridized carbons (Fsp3) is 0.138. The highest BCUT2D eigenvalue weighted by Crippen LogP contribution is 2.42.